The molecule has 0 heterocycles. The van der Waals surface area contributed by atoms with Crippen LogP contribution in [0.4, 0.5) is 4.39 Å². The number of carbonyl (C=O) groups is 2. The zero-order chi connectivity index (χ0) is 14.4. The summed E-state index contributed by atoms with van der Waals surface area (Å²) in [6, 6.07) is 4.08. The summed E-state index contributed by atoms with van der Waals surface area (Å²) in [4.78, 5) is 24.3. The molecular weight excluding hydrogens is 273 g/mol. The summed E-state index contributed by atoms with van der Waals surface area (Å²) in [5.41, 5.74) is 0.113. The highest BCUT2D eigenvalue weighted by Crippen LogP contribution is 2.20. The molecule has 0 saturated carbocycles. The molecule has 0 aromatic heterocycles. The zero-order valence-electron chi connectivity index (χ0n) is 10.8. The summed E-state index contributed by atoms with van der Waals surface area (Å²) >= 11 is 5.74. The van der Waals surface area contributed by atoms with Crippen molar-refractivity contribution >= 4 is 23.5 Å². The van der Waals surface area contributed by atoms with Crippen molar-refractivity contribution in [2.75, 3.05) is 20.7 Å². The fourth-order valence-corrected chi connectivity index (χ4v) is 1.75. The minimum atomic E-state index is -0.629. The smallest absolute Gasteiger partial charge is 0.305 e. The summed E-state index contributed by atoms with van der Waals surface area (Å²) in [5, 5.41) is -0.188. The molecule has 0 spiro atoms. The Labute approximate surface area is 116 Å². The van der Waals surface area contributed by atoms with Crippen molar-refractivity contribution in [3.8, 4) is 0 Å². The van der Waals surface area contributed by atoms with Gasteiger partial charge in [0.1, 0.15) is 5.82 Å². The van der Waals surface area contributed by atoms with Crippen LogP contribution < -0.4 is 0 Å². The second kappa shape index (κ2) is 7.09. The van der Waals surface area contributed by atoms with Crippen LogP contribution in [-0.4, -0.2) is 37.5 Å². The maximum atomic E-state index is 13.2. The average molecular weight is 288 g/mol. The van der Waals surface area contributed by atoms with Gasteiger partial charge in [0, 0.05) is 20.0 Å². The molecule has 0 saturated heterocycles. The van der Waals surface area contributed by atoms with Crippen LogP contribution in [-0.2, 0) is 9.53 Å². The Morgan fingerprint density at radius 1 is 1.42 bits per heavy atom. The average Bonchev–Trinajstić information content (AvgIpc) is 2.40. The van der Waals surface area contributed by atoms with E-state index in [1.807, 2.05) is 0 Å². The van der Waals surface area contributed by atoms with Crippen LogP contribution in [0.2, 0.25) is 5.02 Å². The van der Waals surface area contributed by atoms with Crippen LogP contribution in [0.15, 0.2) is 18.2 Å². The summed E-state index contributed by atoms with van der Waals surface area (Å²) in [6.07, 6.45) is 0.701. The minimum absolute atomic E-state index is 0.113. The Morgan fingerprint density at radius 2 is 2.11 bits per heavy atom. The van der Waals surface area contributed by atoms with E-state index in [1.165, 1.54) is 30.2 Å². The summed E-state index contributed by atoms with van der Waals surface area (Å²) in [5.74, 6) is -1.34. The van der Waals surface area contributed by atoms with Crippen LogP contribution in [0, 0.1) is 5.82 Å². The van der Waals surface area contributed by atoms with Crippen LogP contribution in [0.3, 0.4) is 0 Å². The van der Waals surface area contributed by atoms with Crippen molar-refractivity contribution in [1.29, 1.82) is 0 Å². The molecule has 0 fully saturated rings. The first kappa shape index (κ1) is 15.4. The van der Waals surface area contributed by atoms with Gasteiger partial charge in [-0.2, -0.15) is 0 Å². The summed E-state index contributed by atoms with van der Waals surface area (Å²) in [7, 11) is 2.88. The number of methoxy groups -OCH3 is 1. The third kappa shape index (κ3) is 4.21. The summed E-state index contributed by atoms with van der Waals surface area (Å²) in [6.45, 7) is 0.362. The number of ether oxygens (including phenoxy) is 1. The van der Waals surface area contributed by atoms with Gasteiger partial charge >= 0.3 is 5.97 Å². The molecule has 1 aromatic rings. The van der Waals surface area contributed by atoms with Crippen LogP contribution in [0.5, 0.6) is 0 Å². The normalized spacial score (nSPS) is 10.1. The second-order valence-electron chi connectivity index (χ2n) is 4.01. The van der Waals surface area contributed by atoms with Crippen LogP contribution in [0.25, 0.3) is 0 Å². The van der Waals surface area contributed by atoms with E-state index < -0.39 is 5.82 Å². The molecule has 0 N–H and O–H groups in total. The molecule has 19 heavy (non-hydrogen) atoms. The highest BCUT2D eigenvalue weighted by atomic mass is 35.5. The van der Waals surface area contributed by atoms with E-state index in [2.05, 4.69) is 4.74 Å². The van der Waals surface area contributed by atoms with Gasteiger partial charge in [-0.15, -0.1) is 0 Å². The Balaban J connectivity index is 2.62. The third-order valence-electron chi connectivity index (χ3n) is 2.63. The van der Waals surface area contributed by atoms with Gasteiger partial charge in [0.25, 0.3) is 5.91 Å². The van der Waals surface area contributed by atoms with Crippen molar-refractivity contribution in [3.05, 3.63) is 34.6 Å². The van der Waals surface area contributed by atoms with E-state index in [9.17, 15) is 14.0 Å². The van der Waals surface area contributed by atoms with Gasteiger partial charge in [-0.05, 0) is 18.6 Å². The van der Waals surface area contributed by atoms with E-state index in [1.54, 1.807) is 7.05 Å². The van der Waals surface area contributed by atoms with Crippen LogP contribution in [0.1, 0.15) is 23.2 Å². The van der Waals surface area contributed by atoms with Crippen molar-refractivity contribution in [3.63, 3.8) is 0 Å². The molecule has 1 rings (SSSR count). The largest absolute Gasteiger partial charge is 0.469 e. The molecule has 104 valence electrons. The summed E-state index contributed by atoms with van der Waals surface area (Å²) < 4.78 is 17.7. The number of benzene rings is 1. The van der Waals surface area contributed by atoms with E-state index in [0.717, 1.165) is 0 Å². The second-order valence-corrected chi connectivity index (χ2v) is 4.39. The predicted molar refractivity (Wildman–Crippen MR) is 69.6 cm³/mol. The van der Waals surface area contributed by atoms with Gasteiger partial charge in [0.15, 0.2) is 0 Å². The lowest BCUT2D eigenvalue weighted by Crippen LogP contribution is -2.28. The van der Waals surface area contributed by atoms with Crippen molar-refractivity contribution < 1.29 is 18.7 Å². The number of amides is 1. The minimum Gasteiger partial charge on any atom is -0.469 e. The number of esters is 1. The molecule has 0 aliphatic heterocycles. The molecule has 0 bridgehead atoms. The SMILES string of the molecule is COC(=O)CCCN(C)C(=O)c1cccc(F)c1Cl. The maximum Gasteiger partial charge on any atom is 0.305 e. The monoisotopic (exact) mass is 287 g/mol. The fraction of sp³-hybridized carbons (Fsp3) is 0.385. The highest BCUT2D eigenvalue weighted by molar-refractivity contribution is 6.33. The van der Waals surface area contributed by atoms with E-state index in [-0.39, 0.29) is 28.9 Å². The van der Waals surface area contributed by atoms with Crippen LogP contribution >= 0.6 is 11.6 Å². The van der Waals surface area contributed by atoms with Gasteiger partial charge in [-0.25, -0.2) is 4.39 Å². The lowest BCUT2D eigenvalue weighted by atomic mass is 10.2. The molecular formula is C13H15ClFNO3. The quantitative estimate of drug-likeness (QED) is 0.782. The number of hydrogen-bond donors (Lipinski definition) is 0. The highest BCUT2D eigenvalue weighted by Gasteiger charge is 2.17. The van der Waals surface area contributed by atoms with Gasteiger partial charge < -0.3 is 9.64 Å². The van der Waals surface area contributed by atoms with E-state index >= 15 is 0 Å². The number of carbonyl (C=O) groups excluding carboxylic acids is 2. The number of rotatable bonds is 5. The molecule has 0 aliphatic rings. The maximum absolute atomic E-state index is 13.2. The molecule has 1 amide bonds. The molecule has 0 radical (unpaired) electrons. The Bertz CT molecular complexity index is 479. The van der Waals surface area contributed by atoms with Crippen molar-refractivity contribution in [1.82, 2.24) is 4.90 Å². The Kier molecular flexibility index (Phi) is 5.76. The fourth-order valence-electron chi connectivity index (χ4n) is 1.54. The van der Waals surface area contributed by atoms with Gasteiger partial charge in [-0.3, -0.25) is 9.59 Å². The third-order valence-corrected chi connectivity index (χ3v) is 3.01. The molecule has 0 unspecified atom stereocenters. The number of hydrogen-bond acceptors (Lipinski definition) is 3. The number of halogens is 2. The standard InChI is InChI=1S/C13H15ClFNO3/c1-16(8-4-7-11(17)19-2)13(18)9-5-3-6-10(15)12(9)14/h3,5-6H,4,7-8H2,1-2H3. The predicted octanol–water partition coefficient (Wildman–Crippen LogP) is 2.50. The van der Waals surface area contributed by atoms with E-state index in [0.29, 0.717) is 13.0 Å². The Morgan fingerprint density at radius 3 is 2.74 bits per heavy atom. The molecule has 0 atom stereocenters. The lowest BCUT2D eigenvalue weighted by Gasteiger charge is -2.17. The van der Waals surface area contributed by atoms with Gasteiger partial charge in [0.2, 0.25) is 0 Å². The molecule has 4 nitrogen and oxygen atoms in total. The molecule has 6 heteroatoms. The first-order valence-electron chi connectivity index (χ1n) is 5.73. The van der Waals surface area contributed by atoms with Gasteiger partial charge in [0.05, 0.1) is 17.7 Å². The zero-order valence-corrected chi connectivity index (χ0v) is 11.5. The van der Waals surface area contributed by atoms with E-state index in [4.69, 9.17) is 11.6 Å². The molecule has 1 aromatic carbocycles. The first-order chi connectivity index (χ1) is 8.97. The Hall–Kier alpha value is -1.62. The lowest BCUT2D eigenvalue weighted by molar-refractivity contribution is -0.140. The topological polar surface area (TPSA) is 46.6 Å². The van der Waals surface area contributed by atoms with Crippen molar-refractivity contribution in [2.24, 2.45) is 0 Å². The number of nitrogens with zero attached hydrogens (tertiary/aromatic N) is 1. The van der Waals surface area contributed by atoms with Crippen molar-refractivity contribution in [2.45, 2.75) is 12.8 Å². The molecule has 0 aliphatic carbocycles. The first-order valence-corrected chi connectivity index (χ1v) is 6.11. The van der Waals surface area contributed by atoms with Gasteiger partial charge in [-0.1, -0.05) is 17.7 Å².